The van der Waals surface area contributed by atoms with Gasteiger partial charge in [0.05, 0.1) is 39.4 Å². The van der Waals surface area contributed by atoms with Crippen molar-refractivity contribution in [3.8, 4) is 11.3 Å². The van der Waals surface area contributed by atoms with Gasteiger partial charge in [-0.05, 0) is 69.7 Å². The van der Waals surface area contributed by atoms with Crippen LogP contribution in [0.25, 0.3) is 32.5 Å². The molecule has 0 bridgehead atoms. The zero-order valence-corrected chi connectivity index (χ0v) is 22.5. The molecule has 0 saturated heterocycles. The Labute approximate surface area is 222 Å². The summed E-state index contributed by atoms with van der Waals surface area (Å²) in [5, 5.41) is 4.98. The number of aryl methyl sites for hydroxylation is 2. The monoisotopic (exact) mass is 533 g/mol. The molecule has 9 heteroatoms. The molecule has 0 aliphatic carbocycles. The third-order valence-corrected chi connectivity index (χ3v) is 7.37. The lowest BCUT2D eigenvalue weighted by Crippen LogP contribution is -2.15. The quantitative estimate of drug-likeness (QED) is 0.192. The second kappa shape index (κ2) is 9.61. The first-order chi connectivity index (χ1) is 17.7. The fraction of sp³-hybridized carbons (Fsp3) is 0.214. The number of nitrogens with one attached hydrogen (secondary N) is 1. The first-order valence-corrected chi connectivity index (χ1v) is 12.8. The van der Waals surface area contributed by atoms with Crippen LogP contribution in [-0.2, 0) is 4.74 Å². The number of rotatable bonds is 5. The van der Waals surface area contributed by atoms with Gasteiger partial charge in [0.1, 0.15) is 16.5 Å². The van der Waals surface area contributed by atoms with E-state index in [0.29, 0.717) is 28.0 Å². The predicted octanol–water partition coefficient (Wildman–Crippen LogP) is 7.00. The average Bonchev–Trinajstić information content (AvgIpc) is 3.25. The fourth-order valence-electron chi connectivity index (χ4n) is 4.46. The highest BCUT2D eigenvalue weighted by molar-refractivity contribution is 7.18. The summed E-state index contributed by atoms with van der Waals surface area (Å²) < 4.78 is 12.4. The van der Waals surface area contributed by atoms with Gasteiger partial charge in [-0.15, -0.1) is 11.3 Å². The number of fused-ring (bicyclic) bond motifs is 2. The van der Waals surface area contributed by atoms with Crippen LogP contribution < -0.4 is 10.7 Å². The highest BCUT2D eigenvalue weighted by Gasteiger charge is 2.22. The Morgan fingerprint density at radius 1 is 1.11 bits per heavy atom. The highest BCUT2D eigenvalue weighted by Crippen LogP contribution is 2.34. The van der Waals surface area contributed by atoms with E-state index in [0.717, 1.165) is 31.9 Å². The summed E-state index contributed by atoms with van der Waals surface area (Å²) in [6.07, 6.45) is 0. The SMILES string of the molecule is COC(=O)c1nc(Cl)ccc1NC(C)c1cc(C)cc2c(=O)c(C)c(-c3ccc4nc(C)sc4c3)oc12. The number of methoxy groups -OCH3 is 1. The van der Waals surface area contributed by atoms with Crippen molar-refractivity contribution in [1.29, 1.82) is 0 Å². The second-order valence-electron chi connectivity index (χ2n) is 8.92. The molecule has 0 aliphatic rings. The Bertz CT molecular complexity index is 1760. The van der Waals surface area contributed by atoms with E-state index in [1.165, 1.54) is 7.11 Å². The molecular formula is C28H24ClN3O4S. The number of nitrogens with zero attached hydrogens (tertiary/aromatic N) is 2. The molecule has 188 valence electrons. The normalized spacial score (nSPS) is 12.2. The van der Waals surface area contributed by atoms with Gasteiger partial charge in [0.2, 0.25) is 0 Å². The van der Waals surface area contributed by atoms with Gasteiger partial charge in [0, 0.05) is 16.7 Å². The Balaban J connectivity index is 1.66. The molecule has 2 aromatic carbocycles. The van der Waals surface area contributed by atoms with Crippen LogP contribution in [0.5, 0.6) is 0 Å². The van der Waals surface area contributed by atoms with Crippen LogP contribution in [0.2, 0.25) is 5.15 Å². The van der Waals surface area contributed by atoms with Crippen LogP contribution in [0.3, 0.4) is 0 Å². The maximum atomic E-state index is 13.5. The van der Waals surface area contributed by atoms with Crippen molar-refractivity contribution in [3.05, 3.63) is 85.2 Å². The van der Waals surface area contributed by atoms with Crippen molar-refractivity contribution in [2.24, 2.45) is 0 Å². The van der Waals surface area contributed by atoms with Gasteiger partial charge in [0.25, 0.3) is 0 Å². The summed E-state index contributed by atoms with van der Waals surface area (Å²) >= 11 is 7.61. The van der Waals surface area contributed by atoms with E-state index >= 15 is 0 Å². The van der Waals surface area contributed by atoms with Crippen molar-refractivity contribution in [2.75, 3.05) is 12.4 Å². The van der Waals surface area contributed by atoms with Crippen molar-refractivity contribution in [1.82, 2.24) is 9.97 Å². The van der Waals surface area contributed by atoms with Gasteiger partial charge in [-0.3, -0.25) is 4.79 Å². The molecule has 3 heterocycles. The number of benzene rings is 2. The summed E-state index contributed by atoms with van der Waals surface area (Å²) in [5.41, 5.74) is 4.89. The van der Waals surface area contributed by atoms with Gasteiger partial charge in [-0.1, -0.05) is 17.7 Å². The molecule has 0 amide bonds. The standard InChI is InChI=1S/C28H24ClN3O4S/c1-13-10-18(15(3)30-21-8-9-23(29)32-24(21)28(34)35-5)27-19(11-13)25(33)14(2)26(36-27)17-6-7-20-22(12-17)37-16(4)31-20/h6-12,15,30H,1-5H3. The first kappa shape index (κ1) is 24.9. The van der Waals surface area contributed by atoms with Gasteiger partial charge >= 0.3 is 5.97 Å². The second-order valence-corrected chi connectivity index (χ2v) is 10.5. The van der Waals surface area contributed by atoms with Crippen molar-refractivity contribution in [3.63, 3.8) is 0 Å². The van der Waals surface area contributed by atoms with Gasteiger partial charge < -0.3 is 14.5 Å². The molecule has 0 fully saturated rings. The van der Waals surface area contributed by atoms with Gasteiger partial charge in [0.15, 0.2) is 11.1 Å². The van der Waals surface area contributed by atoms with Crippen LogP contribution in [-0.4, -0.2) is 23.0 Å². The summed E-state index contributed by atoms with van der Waals surface area (Å²) in [7, 11) is 1.29. The minimum atomic E-state index is -0.607. The number of esters is 1. The summed E-state index contributed by atoms with van der Waals surface area (Å²) in [6, 6.07) is 12.6. The van der Waals surface area contributed by atoms with Crippen molar-refractivity contribution < 1.29 is 13.9 Å². The minimum absolute atomic E-state index is 0.0740. The first-order valence-electron chi connectivity index (χ1n) is 11.6. The lowest BCUT2D eigenvalue weighted by Gasteiger charge is -2.20. The molecule has 0 aliphatic heterocycles. The molecular weight excluding hydrogens is 510 g/mol. The van der Waals surface area contributed by atoms with Gasteiger partial charge in [-0.2, -0.15) is 0 Å². The molecule has 1 unspecified atom stereocenters. The number of halogens is 1. The number of ether oxygens (including phenoxy) is 1. The van der Waals surface area contributed by atoms with Gasteiger partial charge in [-0.25, -0.2) is 14.8 Å². The maximum absolute atomic E-state index is 13.5. The van der Waals surface area contributed by atoms with Crippen LogP contribution in [0.1, 0.15) is 45.2 Å². The Kier molecular flexibility index (Phi) is 6.47. The number of carbonyl (C=O) groups excluding carboxylic acids is 1. The van der Waals surface area contributed by atoms with Crippen molar-refractivity contribution in [2.45, 2.75) is 33.7 Å². The third kappa shape index (κ3) is 4.58. The summed E-state index contributed by atoms with van der Waals surface area (Å²) in [4.78, 5) is 34.5. The van der Waals surface area contributed by atoms with E-state index in [-0.39, 0.29) is 22.3 Å². The Hall–Kier alpha value is -3.75. The zero-order valence-electron chi connectivity index (χ0n) is 20.9. The van der Waals surface area contributed by atoms with E-state index in [4.69, 9.17) is 20.8 Å². The molecule has 37 heavy (non-hydrogen) atoms. The molecule has 1 N–H and O–H groups in total. The lowest BCUT2D eigenvalue weighted by atomic mass is 9.98. The van der Waals surface area contributed by atoms with Crippen molar-refractivity contribution >= 4 is 55.8 Å². The minimum Gasteiger partial charge on any atom is -0.464 e. The fourth-order valence-corrected chi connectivity index (χ4v) is 5.47. The van der Waals surface area contributed by atoms with Crippen LogP contribution in [0, 0.1) is 20.8 Å². The van der Waals surface area contributed by atoms with Crippen LogP contribution >= 0.6 is 22.9 Å². The number of pyridine rings is 1. The molecule has 7 nitrogen and oxygen atoms in total. The zero-order chi connectivity index (χ0) is 26.4. The van der Waals surface area contributed by atoms with E-state index in [1.807, 2.05) is 51.1 Å². The number of thiazole rings is 1. The summed E-state index contributed by atoms with van der Waals surface area (Å²) in [6.45, 7) is 7.61. The number of hydrogen-bond donors (Lipinski definition) is 1. The number of anilines is 1. The molecule has 5 aromatic rings. The third-order valence-electron chi connectivity index (χ3n) is 6.23. The highest BCUT2D eigenvalue weighted by atomic mass is 35.5. The summed E-state index contributed by atoms with van der Waals surface area (Å²) in [5.74, 6) is -0.0874. The number of carbonyl (C=O) groups is 1. The van der Waals surface area contributed by atoms with E-state index < -0.39 is 5.97 Å². The molecule has 0 spiro atoms. The van der Waals surface area contributed by atoms with Crippen LogP contribution in [0.4, 0.5) is 5.69 Å². The Morgan fingerprint density at radius 2 is 1.89 bits per heavy atom. The van der Waals surface area contributed by atoms with Crippen LogP contribution in [0.15, 0.2) is 51.7 Å². The molecule has 0 saturated carbocycles. The predicted molar refractivity (Wildman–Crippen MR) is 148 cm³/mol. The number of hydrogen-bond acceptors (Lipinski definition) is 8. The maximum Gasteiger partial charge on any atom is 0.358 e. The molecule has 0 radical (unpaired) electrons. The van der Waals surface area contributed by atoms with E-state index in [9.17, 15) is 9.59 Å². The topological polar surface area (TPSA) is 94.3 Å². The lowest BCUT2D eigenvalue weighted by molar-refractivity contribution is 0.0595. The molecule has 1 atom stereocenters. The molecule has 3 aromatic heterocycles. The van der Waals surface area contributed by atoms with E-state index in [1.54, 1.807) is 30.4 Å². The van der Waals surface area contributed by atoms with E-state index in [2.05, 4.69) is 15.3 Å². The average molecular weight is 534 g/mol. The number of aromatic nitrogens is 2. The largest absolute Gasteiger partial charge is 0.464 e. The Morgan fingerprint density at radius 3 is 2.65 bits per heavy atom. The molecule has 5 rings (SSSR count). The smallest absolute Gasteiger partial charge is 0.358 e.